The van der Waals surface area contributed by atoms with Crippen LogP contribution in [0, 0.1) is 0 Å². The summed E-state index contributed by atoms with van der Waals surface area (Å²) in [5, 5.41) is 4.72. The lowest BCUT2D eigenvalue weighted by Gasteiger charge is -2.20. The standard InChI is InChI=1S/C22H23ClN4OS/c1-2-27(14-17-8-4-3-5-9-17)22(28)15-29-21-12-20(25-16-26-21)24-13-18-10-6-7-11-19(18)23/h3-12,16H,2,13-15H2,1H3,(H,24,25,26). The van der Waals surface area contributed by atoms with Crippen LogP contribution in [0.4, 0.5) is 5.82 Å². The largest absolute Gasteiger partial charge is 0.366 e. The monoisotopic (exact) mass is 426 g/mol. The average Bonchev–Trinajstić information content (AvgIpc) is 2.76. The highest BCUT2D eigenvalue weighted by atomic mass is 35.5. The Morgan fingerprint density at radius 3 is 2.62 bits per heavy atom. The highest BCUT2D eigenvalue weighted by molar-refractivity contribution is 7.99. The minimum Gasteiger partial charge on any atom is -0.366 e. The van der Waals surface area contributed by atoms with E-state index in [-0.39, 0.29) is 5.91 Å². The van der Waals surface area contributed by atoms with Crippen LogP contribution in [-0.4, -0.2) is 33.1 Å². The third-order valence-electron chi connectivity index (χ3n) is 4.35. The van der Waals surface area contributed by atoms with Crippen LogP contribution in [0.2, 0.25) is 5.02 Å². The third-order valence-corrected chi connectivity index (χ3v) is 5.63. The molecule has 0 unspecified atom stereocenters. The third kappa shape index (κ3) is 6.48. The van der Waals surface area contributed by atoms with Crippen molar-refractivity contribution in [2.75, 3.05) is 17.6 Å². The van der Waals surface area contributed by atoms with Gasteiger partial charge in [0.2, 0.25) is 5.91 Å². The van der Waals surface area contributed by atoms with Gasteiger partial charge in [0.1, 0.15) is 17.2 Å². The van der Waals surface area contributed by atoms with Crippen molar-refractivity contribution in [1.82, 2.24) is 14.9 Å². The normalized spacial score (nSPS) is 10.6. The summed E-state index contributed by atoms with van der Waals surface area (Å²) in [5.74, 6) is 1.12. The number of halogens is 1. The van der Waals surface area contributed by atoms with Gasteiger partial charge in [0.05, 0.1) is 5.75 Å². The Morgan fingerprint density at radius 2 is 1.86 bits per heavy atom. The number of anilines is 1. The summed E-state index contributed by atoms with van der Waals surface area (Å²) in [6.07, 6.45) is 1.50. The molecule has 1 amide bonds. The number of nitrogens with zero attached hydrogens (tertiary/aromatic N) is 3. The molecule has 3 aromatic rings. The Morgan fingerprint density at radius 1 is 1.10 bits per heavy atom. The van der Waals surface area contributed by atoms with Gasteiger partial charge in [0.25, 0.3) is 0 Å². The highest BCUT2D eigenvalue weighted by Crippen LogP contribution is 2.20. The number of carbonyl (C=O) groups is 1. The fourth-order valence-electron chi connectivity index (χ4n) is 2.75. The number of carbonyl (C=O) groups excluding carboxylic acids is 1. The van der Waals surface area contributed by atoms with E-state index in [1.807, 2.05) is 72.5 Å². The van der Waals surface area contributed by atoms with Crippen LogP contribution < -0.4 is 5.32 Å². The number of nitrogens with one attached hydrogen (secondary N) is 1. The molecule has 0 atom stereocenters. The molecule has 29 heavy (non-hydrogen) atoms. The molecule has 1 heterocycles. The second-order valence-corrected chi connectivity index (χ2v) is 7.77. The summed E-state index contributed by atoms with van der Waals surface area (Å²) in [7, 11) is 0. The lowest BCUT2D eigenvalue weighted by Crippen LogP contribution is -2.31. The van der Waals surface area contributed by atoms with Gasteiger partial charge in [0, 0.05) is 30.7 Å². The van der Waals surface area contributed by atoms with Crippen LogP contribution in [0.15, 0.2) is 72.0 Å². The maximum absolute atomic E-state index is 12.6. The molecule has 0 fully saturated rings. The van der Waals surface area contributed by atoms with E-state index >= 15 is 0 Å². The lowest BCUT2D eigenvalue weighted by atomic mass is 10.2. The molecule has 0 aliphatic rings. The Labute approximate surface area is 180 Å². The van der Waals surface area contributed by atoms with Gasteiger partial charge in [-0.3, -0.25) is 4.79 Å². The van der Waals surface area contributed by atoms with Gasteiger partial charge >= 0.3 is 0 Å². The van der Waals surface area contributed by atoms with Crippen molar-refractivity contribution in [3.05, 3.63) is 83.1 Å². The molecule has 0 radical (unpaired) electrons. The zero-order valence-corrected chi connectivity index (χ0v) is 17.8. The van der Waals surface area contributed by atoms with Gasteiger partial charge in [-0.2, -0.15) is 0 Å². The zero-order valence-electron chi connectivity index (χ0n) is 16.2. The Kier molecular flexibility index (Phi) is 7.90. The minimum absolute atomic E-state index is 0.0885. The first kappa shape index (κ1) is 21.1. The molecule has 0 aliphatic heterocycles. The van der Waals surface area contributed by atoms with E-state index in [0.29, 0.717) is 36.2 Å². The van der Waals surface area contributed by atoms with Crippen LogP contribution >= 0.6 is 23.4 Å². The van der Waals surface area contributed by atoms with Crippen molar-refractivity contribution in [3.8, 4) is 0 Å². The number of rotatable bonds is 9. The number of thioether (sulfide) groups is 1. The summed E-state index contributed by atoms with van der Waals surface area (Å²) in [6.45, 7) is 3.85. The lowest BCUT2D eigenvalue weighted by molar-refractivity contribution is -0.128. The van der Waals surface area contributed by atoms with E-state index in [1.54, 1.807) is 0 Å². The van der Waals surface area contributed by atoms with E-state index < -0.39 is 0 Å². The van der Waals surface area contributed by atoms with E-state index in [1.165, 1.54) is 18.1 Å². The van der Waals surface area contributed by atoms with Crippen molar-refractivity contribution in [2.24, 2.45) is 0 Å². The van der Waals surface area contributed by atoms with Crippen molar-refractivity contribution in [3.63, 3.8) is 0 Å². The summed E-state index contributed by atoms with van der Waals surface area (Å²) in [6, 6.07) is 19.5. The van der Waals surface area contributed by atoms with Gasteiger partial charge in [-0.05, 0) is 24.1 Å². The molecule has 0 bridgehead atoms. The number of hydrogen-bond acceptors (Lipinski definition) is 5. The second kappa shape index (κ2) is 10.8. The number of amides is 1. The summed E-state index contributed by atoms with van der Waals surface area (Å²) in [4.78, 5) is 23.0. The first-order chi connectivity index (χ1) is 14.2. The summed E-state index contributed by atoms with van der Waals surface area (Å²) < 4.78 is 0. The Bertz CT molecular complexity index is 939. The molecule has 7 heteroatoms. The fraction of sp³-hybridized carbons (Fsp3) is 0.227. The first-order valence-electron chi connectivity index (χ1n) is 9.39. The SMILES string of the molecule is CCN(Cc1ccccc1)C(=O)CSc1cc(NCc2ccccc2Cl)ncn1. The van der Waals surface area contributed by atoms with E-state index in [2.05, 4.69) is 15.3 Å². The van der Waals surface area contributed by atoms with E-state index in [0.717, 1.165) is 16.2 Å². The number of hydrogen-bond donors (Lipinski definition) is 1. The Hall–Kier alpha value is -2.57. The molecule has 1 N–H and O–H groups in total. The van der Waals surface area contributed by atoms with Crippen molar-refractivity contribution in [2.45, 2.75) is 25.0 Å². The number of benzene rings is 2. The molecule has 0 saturated heterocycles. The number of aromatic nitrogens is 2. The topological polar surface area (TPSA) is 58.1 Å². The van der Waals surface area contributed by atoms with Crippen LogP contribution in [0.1, 0.15) is 18.1 Å². The van der Waals surface area contributed by atoms with Crippen LogP contribution in [-0.2, 0) is 17.9 Å². The molecule has 0 aliphatic carbocycles. The predicted octanol–water partition coefficient (Wildman–Crippen LogP) is 4.88. The van der Waals surface area contributed by atoms with Crippen LogP contribution in [0.25, 0.3) is 0 Å². The van der Waals surface area contributed by atoms with Gasteiger partial charge < -0.3 is 10.2 Å². The molecular weight excluding hydrogens is 404 g/mol. The van der Waals surface area contributed by atoms with Crippen LogP contribution in [0.3, 0.4) is 0 Å². The zero-order chi connectivity index (χ0) is 20.5. The van der Waals surface area contributed by atoms with Gasteiger partial charge in [0.15, 0.2) is 0 Å². The smallest absolute Gasteiger partial charge is 0.233 e. The fourth-order valence-corrected chi connectivity index (χ4v) is 3.72. The molecular formula is C22H23ClN4OS. The molecule has 0 saturated carbocycles. The first-order valence-corrected chi connectivity index (χ1v) is 10.8. The van der Waals surface area contributed by atoms with Gasteiger partial charge in [-0.1, -0.05) is 71.9 Å². The average molecular weight is 427 g/mol. The maximum atomic E-state index is 12.6. The van der Waals surface area contributed by atoms with Gasteiger partial charge in [-0.25, -0.2) is 9.97 Å². The minimum atomic E-state index is 0.0885. The van der Waals surface area contributed by atoms with Gasteiger partial charge in [-0.15, -0.1) is 0 Å². The summed E-state index contributed by atoms with van der Waals surface area (Å²) in [5.41, 5.74) is 2.12. The van der Waals surface area contributed by atoms with E-state index in [4.69, 9.17) is 11.6 Å². The summed E-state index contributed by atoms with van der Waals surface area (Å²) >= 11 is 7.60. The quantitative estimate of drug-likeness (QED) is 0.390. The molecule has 3 rings (SSSR count). The maximum Gasteiger partial charge on any atom is 0.233 e. The molecule has 2 aromatic carbocycles. The second-order valence-electron chi connectivity index (χ2n) is 6.37. The molecule has 5 nitrogen and oxygen atoms in total. The van der Waals surface area contributed by atoms with Crippen molar-refractivity contribution >= 4 is 35.1 Å². The van der Waals surface area contributed by atoms with Crippen LogP contribution in [0.5, 0.6) is 0 Å². The van der Waals surface area contributed by atoms with Crippen molar-refractivity contribution in [1.29, 1.82) is 0 Å². The van der Waals surface area contributed by atoms with Crippen molar-refractivity contribution < 1.29 is 4.79 Å². The molecule has 0 spiro atoms. The predicted molar refractivity (Wildman–Crippen MR) is 119 cm³/mol. The Balaban J connectivity index is 1.54. The molecule has 1 aromatic heterocycles. The van der Waals surface area contributed by atoms with E-state index in [9.17, 15) is 4.79 Å². The highest BCUT2D eigenvalue weighted by Gasteiger charge is 2.13. The molecule has 150 valence electrons.